The Labute approximate surface area is 87.6 Å². The average molecular weight is 203 g/mol. The lowest BCUT2D eigenvalue weighted by molar-refractivity contribution is 1.11. The number of hydrogen-bond donors (Lipinski definition) is 0. The number of rotatable bonds is 1. The van der Waals surface area contributed by atoms with Crippen LogP contribution in [0.25, 0.3) is 0 Å². The van der Waals surface area contributed by atoms with Crippen LogP contribution in [0.3, 0.4) is 0 Å². The summed E-state index contributed by atoms with van der Waals surface area (Å²) in [7, 11) is -1.26. The molecule has 0 radical (unpaired) electrons. The second kappa shape index (κ2) is 4.43. The summed E-state index contributed by atoms with van der Waals surface area (Å²) >= 11 is 0. The minimum atomic E-state index is -1.26. The van der Waals surface area contributed by atoms with E-state index in [0.29, 0.717) is 0 Å². The predicted molar refractivity (Wildman–Crippen MR) is 63.8 cm³/mol. The van der Waals surface area contributed by atoms with Gasteiger partial charge in [0.15, 0.2) is 0 Å². The topological polar surface area (TPSA) is 12.9 Å². The van der Waals surface area contributed by atoms with Gasteiger partial charge in [-0.25, -0.2) is 0 Å². The Bertz CT molecular complexity index is 366. The summed E-state index contributed by atoms with van der Waals surface area (Å²) < 4.78 is 0. The molecule has 0 aliphatic rings. The zero-order chi connectivity index (χ0) is 10.6. The van der Waals surface area contributed by atoms with Gasteiger partial charge in [0.25, 0.3) is 0 Å². The fraction of sp³-hybridized carbons (Fsp3) is 0.417. The normalized spacial score (nSPS) is 10.6. The molecular formula is C12H17NSi. The van der Waals surface area contributed by atoms with Crippen LogP contribution in [0.1, 0.15) is 18.1 Å². The first-order chi connectivity index (χ1) is 6.53. The monoisotopic (exact) mass is 203 g/mol. The van der Waals surface area contributed by atoms with Gasteiger partial charge in [0, 0.05) is 18.0 Å². The van der Waals surface area contributed by atoms with E-state index in [4.69, 9.17) is 0 Å². The Morgan fingerprint density at radius 3 is 2.64 bits per heavy atom. The summed E-state index contributed by atoms with van der Waals surface area (Å²) in [6.07, 6.45) is 4.72. The smallest absolute Gasteiger partial charge is 0.129 e. The molecule has 0 N–H and O–H groups in total. The van der Waals surface area contributed by atoms with E-state index < -0.39 is 8.07 Å². The average Bonchev–Trinajstić information content (AvgIpc) is 2.14. The summed E-state index contributed by atoms with van der Waals surface area (Å²) in [5.41, 5.74) is 5.75. The highest BCUT2D eigenvalue weighted by Gasteiger charge is 2.07. The van der Waals surface area contributed by atoms with Crippen molar-refractivity contribution >= 4 is 8.07 Å². The number of nitrogens with zero attached hydrogens (tertiary/aromatic N) is 1. The van der Waals surface area contributed by atoms with Gasteiger partial charge >= 0.3 is 0 Å². The van der Waals surface area contributed by atoms with Crippen molar-refractivity contribution in [2.75, 3.05) is 0 Å². The van der Waals surface area contributed by atoms with Gasteiger partial charge in [-0.3, -0.25) is 4.98 Å². The molecule has 2 heteroatoms. The largest absolute Gasteiger partial charge is 0.263 e. The summed E-state index contributed by atoms with van der Waals surface area (Å²) in [5.74, 6) is 3.25. The van der Waals surface area contributed by atoms with Crippen LogP contribution in [0.15, 0.2) is 18.5 Å². The zero-order valence-electron chi connectivity index (χ0n) is 9.39. The molecule has 1 heterocycles. The molecule has 0 bridgehead atoms. The van der Waals surface area contributed by atoms with E-state index in [1.54, 1.807) is 0 Å². The van der Waals surface area contributed by atoms with Crippen LogP contribution in [-0.4, -0.2) is 13.1 Å². The minimum Gasteiger partial charge on any atom is -0.263 e. The highest BCUT2D eigenvalue weighted by molar-refractivity contribution is 6.83. The molecule has 0 aromatic carbocycles. The van der Waals surface area contributed by atoms with Gasteiger partial charge in [0.2, 0.25) is 0 Å². The highest BCUT2D eigenvalue weighted by Crippen LogP contribution is 2.06. The molecule has 1 rings (SSSR count). The highest BCUT2D eigenvalue weighted by atomic mass is 28.3. The Hall–Kier alpha value is -1.07. The van der Waals surface area contributed by atoms with Crippen molar-refractivity contribution in [1.82, 2.24) is 4.98 Å². The van der Waals surface area contributed by atoms with Crippen LogP contribution in [0.2, 0.25) is 19.6 Å². The first kappa shape index (κ1) is 11.0. The molecule has 1 aromatic heterocycles. The maximum absolute atomic E-state index is 4.11. The first-order valence-electron chi connectivity index (χ1n) is 4.99. The van der Waals surface area contributed by atoms with Crippen molar-refractivity contribution < 1.29 is 0 Å². The van der Waals surface area contributed by atoms with Crippen molar-refractivity contribution in [3.8, 4) is 11.5 Å². The van der Waals surface area contributed by atoms with Crippen LogP contribution in [-0.2, 0) is 6.42 Å². The number of aryl methyl sites for hydroxylation is 1. The summed E-state index contributed by atoms with van der Waals surface area (Å²) in [6.45, 7) is 8.90. The van der Waals surface area contributed by atoms with E-state index in [9.17, 15) is 0 Å². The van der Waals surface area contributed by atoms with Crippen molar-refractivity contribution in [2.45, 2.75) is 33.0 Å². The summed E-state index contributed by atoms with van der Waals surface area (Å²) in [5, 5.41) is 0. The molecule has 0 saturated heterocycles. The van der Waals surface area contributed by atoms with E-state index in [1.807, 2.05) is 18.5 Å². The molecule has 14 heavy (non-hydrogen) atoms. The molecule has 0 amide bonds. The third-order valence-corrected chi connectivity index (χ3v) is 2.74. The van der Waals surface area contributed by atoms with Crippen molar-refractivity contribution in [3.63, 3.8) is 0 Å². The Morgan fingerprint density at radius 1 is 1.36 bits per heavy atom. The molecule has 0 unspecified atom stereocenters. The quantitative estimate of drug-likeness (QED) is 0.505. The molecular weight excluding hydrogens is 186 g/mol. The Morgan fingerprint density at radius 2 is 2.07 bits per heavy atom. The Kier molecular flexibility index (Phi) is 3.48. The van der Waals surface area contributed by atoms with E-state index in [0.717, 1.165) is 12.0 Å². The third-order valence-electron chi connectivity index (χ3n) is 1.86. The fourth-order valence-electron chi connectivity index (χ4n) is 1.10. The van der Waals surface area contributed by atoms with Crippen LogP contribution in [0.4, 0.5) is 0 Å². The standard InChI is InChI=1S/C12H17NSi/c1-5-11-6-8-13-10-12(11)7-9-14(2,3)4/h6,8,10H,5H2,1-4H3. The van der Waals surface area contributed by atoms with Gasteiger partial charge in [-0.1, -0.05) is 32.5 Å². The van der Waals surface area contributed by atoms with Crippen molar-refractivity contribution in [3.05, 3.63) is 29.6 Å². The summed E-state index contributed by atoms with van der Waals surface area (Å²) in [6, 6.07) is 2.05. The van der Waals surface area contributed by atoms with Gasteiger partial charge in [-0.05, 0) is 18.1 Å². The van der Waals surface area contributed by atoms with Crippen molar-refractivity contribution in [2.24, 2.45) is 0 Å². The predicted octanol–water partition coefficient (Wildman–Crippen LogP) is 2.87. The number of aromatic nitrogens is 1. The number of hydrogen-bond acceptors (Lipinski definition) is 1. The number of pyridine rings is 1. The molecule has 1 nitrogen and oxygen atoms in total. The molecule has 1 aromatic rings. The lowest BCUT2D eigenvalue weighted by Crippen LogP contribution is -2.16. The molecule has 0 aliphatic carbocycles. The molecule has 0 spiro atoms. The van der Waals surface area contributed by atoms with E-state index in [1.165, 1.54) is 5.56 Å². The second-order valence-electron chi connectivity index (χ2n) is 4.39. The summed E-state index contributed by atoms with van der Waals surface area (Å²) in [4.78, 5) is 4.11. The van der Waals surface area contributed by atoms with E-state index >= 15 is 0 Å². The molecule has 0 aliphatic heterocycles. The van der Waals surface area contributed by atoms with Crippen LogP contribution < -0.4 is 0 Å². The maximum Gasteiger partial charge on any atom is 0.129 e. The van der Waals surface area contributed by atoms with Crippen molar-refractivity contribution in [1.29, 1.82) is 0 Å². The van der Waals surface area contributed by atoms with Crippen LogP contribution in [0.5, 0.6) is 0 Å². The second-order valence-corrected chi connectivity index (χ2v) is 9.14. The molecule has 0 atom stereocenters. The van der Waals surface area contributed by atoms with Crippen LogP contribution >= 0.6 is 0 Å². The van der Waals surface area contributed by atoms with Gasteiger partial charge in [-0.2, -0.15) is 0 Å². The SMILES string of the molecule is CCc1ccncc1C#C[Si](C)(C)C. The minimum absolute atomic E-state index is 1.03. The zero-order valence-corrected chi connectivity index (χ0v) is 10.4. The lowest BCUT2D eigenvalue weighted by Gasteiger charge is -2.04. The van der Waals surface area contributed by atoms with Gasteiger partial charge in [0.1, 0.15) is 8.07 Å². The maximum atomic E-state index is 4.11. The fourth-order valence-corrected chi connectivity index (χ4v) is 1.61. The van der Waals surface area contributed by atoms with Crippen LogP contribution in [0, 0.1) is 11.5 Å². The lowest BCUT2D eigenvalue weighted by atomic mass is 10.1. The Balaban J connectivity index is 3.00. The van der Waals surface area contributed by atoms with Gasteiger partial charge in [-0.15, -0.1) is 5.54 Å². The van der Waals surface area contributed by atoms with Gasteiger partial charge in [0.05, 0.1) is 0 Å². The first-order valence-corrected chi connectivity index (χ1v) is 8.49. The molecule has 0 fully saturated rings. The van der Waals surface area contributed by atoms with Gasteiger partial charge < -0.3 is 0 Å². The molecule has 0 saturated carbocycles. The third kappa shape index (κ3) is 3.35. The molecule has 74 valence electrons. The van der Waals surface area contributed by atoms with E-state index in [-0.39, 0.29) is 0 Å². The van der Waals surface area contributed by atoms with E-state index in [2.05, 4.69) is 43.0 Å².